The molecule has 4 atom stereocenters. The third-order valence-electron chi connectivity index (χ3n) is 6.39. The van der Waals surface area contributed by atoms with E-state index in [1.54, 1.807) is 14.0 Å². The lowest BCUT2D eigenvalue weighted by atomic mass is 9.79. The molecule has 6 heteroatoms. The molecule has 0 bridgehead atoms. The topological polar surface area (TPSA) is 69.7 Å². The minimum absolute atomic E-state index is 0.0188. The number of thiophene rings is 1. The van der Waals surface area contributed by atoms with Crippen molar-refractivity contribution in [2.75, 3.05) is 13.7 Å². The van der Waals surface area contributed by atoms with E-state index >= 15 is 0 Å². The fourth-order valence-corrected chi connectivity index (χ4v) is 5.52. The summed E-state index contributed by atoms with van der Waals surface area (Å²) in [4.78, 5) is 40.2. The molecule has 1 aromatic heterocycles. The van der Waals surface area contributed by atoms with Gasteiger partial charge in [0.1, 0.15) is 17.5 Å². The highest BCUT2D eigenvalue weighted by Gasteiger charge is 2.53. The standard InChI is InChI=1S/C24H28O5S/c1-5-29-24(27)21(20(14-6-7-14)22(25)16-8-12(16)2)23(26)19-11-15-10-17(28-4)13(3)9-18(15)30-19/h9-12,14,16,20-21H,5-8H2,1-4H3. The van der Waals surface area contributed by atoms with Crippen LogP contribution in [-0.2, 0) is 14.3 Å². The first-order chi connectivity index (χ1) is 14.3. The average Bonchev–Trinajstić information content (AvgIpc) is 3.63. The molecule has 0 aliphatic heterocycles. The molecule has 1 heterocycles. The van der Waals surface area contributed by atoms with Gasteiger partial charge in [-0.1, -0.05) is 6.92 Å². The Hall–Kier alpha value is -2.21. The highest BCUT2D eigenvalue weighted by Crippen LogP contribution is 2.49. The van der Waals surface area contributed by atoms with E-state index in [4.69, 9.17) is 9.47 Å². The van der Waals surface area contributed by atoms with E-state index in [1.807, 2.05) is 25.1 Å². The zero-order chi connectivity index (χ0) is 21.6. The third-order valence-corrected chi connectivity index (χ3v) is 7.50. The Labute approximate surface area is 180 Å². The molecular weight excluding hydrogens is 400 g/mol. The van der Waals surface area contributed by atoms with Gasteiger partial charge in [-0.15, -0.1) is 11.3 Å². The van der Waals surface area contributed by atoms with Gasteiger partial charge in [0.05, 0.1) is 18.6 Å². The Kier molecular flexibility index (Phi) is 5.71. The molecule has 160 valence electrons. The van der Waals surface area contributed by atoms with Gasteiger partial charge in [0.2, 0.25) is 0 Å². The summed E-state index contributed by atoms with van der Waals surface area (Å²) in [5.74, 6) is -1.18. The first-order valence-electron chi connectivity index (χ1n) is 10.7. The Morgan fingerprint density at radius 2 is 1.90 bits per heavy atom. The number of benzene rings is 1. The molecule has 2 aliphatic rings. The SMILES string of the molecule is CCOC(=O)C(C(=O)c1cc2cc(OC)c(C)cc2s1)C(C(=O)C1CC1C)C1CC1. The summed E-state index contributed by atoms with van der Waals surface area (Å²) in [6, 6.07) is 5.71. The van der Waals surface area contributed by atoms with E-state index in [0.717, 1.165) is 40.7 Å². The first kappa shape index (κ1) is 21.0. The molecule has 0 amide bonds. The number of carbonyl (C=O) groups excluding carboxylic acids is 3. The minimum Gasteiger partial charge on any atom is -0.496 e. The molecule has 0 spiro atoms. The third kappa shape index (κ3) is 3.89. The molecule has 0 saturated heterocycles. The number of esters is 1. The smallest absolute Gasteiger partial charge is 0.317 e. The maximum Gasteiger partial charge on any atom is 0.317 e. The van der Waals surface area contributed by atoms with Crippen LogP contribution >= 0.6 is 11.3 Å². The van der Waals surface area contributed by atoms with Gasteiger partial charge in [-0.2, -0.15) is 0 Å². The van der Waals surface area contributed by atoms with E-state index < -0.39 is 17.8 Å². The van der Waals surface area contributed by atoms with Gasteiger partial charge in [0.25, 0.3) is 0 Å². The molecule has 1 aromatic carbocycles. The molecule has 4 rings (SSSR count). The first-order valence-corrected chi connectivity index (χ1v) is 11.5. The van der Waals surface area contributed by atoms with Crippen molar-refractivity contribution >= 4 is 39.0 Å². The van der Waals surface area contributed by atoms with Crippen molar-refractivity contribution in [3.8, 4) is 5.75 Å². The number of hydrogen-bond donors (Lipinski definition) is 0. The van der Waals surface area contributed by atoms with Crippen molar-refractivity contribution in [2.24, 2.45) is 29.6 Å². The molecule has 5 nitrogen and oxygen atoms in total. The minimum atomic E-state index is -1.05. The lowest BCUT2D eigenvalue weighted by Crippen LogP contribution is -2.39. The maximum atomic E-state index is 13.6. The molecule has 2 fully saturated rings. The largest absolute Gasteiger partial charge is 0.496 e. The van der Waals surface area contributed by atoms with E-state index in [-0.39, 0.29) is 30.0 Å². The molecule has 4 unspecified atom stereocenters. The summed E-state index contributed by atoms with van der Waals surface area (Å²) in [5.41, 5.74) is 0.988. The van der Waals surface area contributed by atoms with Crippen LogP contribution in [0.4, 0.5) is 0 Å². The second kappa shape index (κ2) is 8.14. The van der Waals surface area contributed by atoms with E-state index in [9.17, 15) is 14.4 Å². The van der Waals surface area contributed by atoms with Crippen molar-refractivity contribution in [3.63, 3.8) is 0 Å². The molecule has 0 radical (unpaired) electrons. The normalized spacial score (nSPS) is 22.4. The fourth-order valence-electron chi connectivity index (χ4n) is 4.40. The van der Waals surface area contributed by atoms with Crippen LogP contribution in [0.3, 0.4) is 0 Å². The molecular formula is C24H28O5S. The van der Waals surface area contributed by atoms with Crippen molar-refractivity contribution in [1.29, 1.82) is 0 Å². The maximum absolute atomic E-state index is 13.6. The summed E-state index contributed by atoms with van der Waals surface area (Å²) in [6.45, 7) is 5.93. The van der Waals surface area contributed by atoms with Crippen molar-refractivity contribution < 1.29 is 23.9 Å². The van der Waals surface area contributed by atoms with Crippen LogP contribution in [0.2, 0.25) is 0 Å². The number of methoxy groups -OCH3 is 1. The van der Waals surface area contributed by atoms with Gasteiger partial charge in [-0.05, 0) is 74.1 Å². The number of carbonyl (C=O) groups is 3. The molecule has 30 heavy (non-hydrogen) atoms. The number of ketones is 2. The van der Waals surface area contributed by atoms with Crippen molar-refractivity contribution in [3.05, 3.63) is 28.6 Å². The van der Waals surface area contributed by atoms with E-state index in [2.05, 4.69) is 6.92 Å². The Morgan fingerprint density at radius 1 is 1.20 bits per heavy atom. The van der Waals surface area contributed by atoms with Crippen LogP contribution in [-0.4, -0.2) is 31.3 Å². The van der Waals surface area contributed by atoms with Crippen LogP contribution in [0.15, 0.2) is 18.2 Å². The van der Waals surface area contributed by atoms with Gasteiger partial charge in [-0.25, -0.2) is 0 Å². The quantitative estimate of drug-likeness (QED) is 0.325. The number of fused-ring (bicyclic) bond motifs is 1. The summed E-state index contributed by atoms with van der Waals surface area (Å²) in [6.07, 6.45) is 2.64. The highest BCUT2D eigenvalue weighted by atomic mass is 32.1. The molecule has 0 N–H and O–H groups in total. The summed E-state index contributed by atoms with van der Waals surface area (Å²) in [7, 11) is 1.62. The number of aryl methyl sites for hydroxylation is 1. The number of Topliss-reactive ketones (excluding diaryl/α,β-unsaturated/α-hetero) is 2. The van der Waals surface area contributed by atoms with Crippen LogP contribution in [0.5, 0.6) is 5.75 Å². The Morgan fingerprint density at radius 3 is 2.47 bits per heavy atom. The highest BCUT2D eigenvalue weighted by molar-refractivity contribution is 7.20. The van der Waals surface area contributed by atoms with Crippen molar-refractivity contribution in [2.45, 2.75) is 40.0 Å². The zero-order valence-electron chi connectivity index (χ0n) is 17.9. The Balaban J connectivity index is 1.71. The fraction of sp³-hybridized carbons (Fsp3) is 0.542. The molecule has 2 aliphatic carbocycles. The van der Waals surface area contributed by atoms with Crippen LogP contribution in [0.25, 0.3) is 10.1 Å². The van der Waals surface area contributed by atoms with Crippen LogP contribution in [0, 0.1) is 36.5 Å². The van der Waals surface area contributed by atoms with Gasteiger partial charge in [-0.3, -0.25) is 14.4 Å². The van der Waals surface area contributed by atoms with Gasteiger partial charge in [0.15, 0.2) is 5.78 Å². The zero-order valence-corrected chi connectivity index (χ0v) is 18.7. The average molecular weight is 429 g/mol. The Bertz CT molecular complexity index is 1000. The summed E-state index contributed by atoms with van der Waals surface area (Å²) in [5, 5.41) is 0.901. The predicted molar refractivity (Wildman–Crippen MR) is 116 cm³/mol. The monoisotopic (exact) mass is 428 g/mol. The van der Waals surface area contributed by atoms with Crippen LogP contribution in [0.1, 0.15) is 48.3 Å². The molecule has 2 aromatic rings. The van der Waals surface area contributed by atoms with Crippen LogP contribution < -0.4 is 4.74 Å². The van der Waals surface area contributed by atoms with E-state index in [1.165, 1.54) is 11.3 Å². The van der Waals surface area contributed by atoms with Crippen molar-refractivity contribution in [1.82, 2.24) is 0 Å². The lowest BCUT2D eigenvalue weighted by molar-refractivity contribution is -0.150. The predicted octanol–water partition coefficient (Wildman–Crippen LogP) is 4.83. The molecule has 2 saturated carbocycles. The summed E-state index contributed by atoms with van der Waals surface area (Å²) < 4.78 is 11.6. The number of hydrogen-bond acceptors (Lipinski definition) is 6. The van der Waals surface area contributed by atoms with Gasteiger partial charge in [0, 0.05) is 16.5 Å². The van der Waals surface area contributed by atoms with Gasteiger partial charge < -0.3 is 9.47 Å². The van der Waals surface area contributed by atoms with Gasteiger partial charge >= 0.3 is 5.97 Å². The number of rotatable bonds is 9. The van der Waals surface area contributed by atoms with E-state index in [0.29, 0.717) is 10.8 Å². The second-order valence-electron chi connectivity index (χ2n) is 8.65. The lowest BCUT2D eigenvalue weighted by Gasteiger charge is -2.23. The summed E-state index contributed by atoms with van der Waals surface area (Å²) >= 11 is 1.36. The second-order valence-corrected chi connectivity index (χ2v) is 9.73. The number of ether oxygens (including phenoxy) is 2.